The molecule has 0 aliphatic heterocycles. The highest BCUT2D eigenvalue weighted by molar-refractivity contribution is 9.10. The maximum Gasteiger partial charge on any atom is 0.286 e. The molecule has 0 aromatic carbocycles. The van der Waals surface area contributed by atoms with Gasteiger partial charge in [0.1, 0.15) is 0 Å². The predicted octanol–water partition coefficient (Wildman–Crippen LogP) is 1.56. The molecule has 0 spiro atoms. The number of aromatic nitrogens is 1. The summed E-state index contributed by atoms with van der Waals surface area (Å²) in [4.78, 5) is 21.6. The van der Waals surface area contributed by atoms with Gasteiger partial charge in [0.05, 0.1) is 22.2 Å². The molecule has 1 heterocycles. The zero-order valence-corrected chi connectivity index (χ0v) is 10.3. The molecule has 1 rings (SSSR count). The van der Waals surface area contributed by atoms with Crippen LogP contribution < -0.4 is 5.56 Å². The third-order valence-corrected chi connectivity index (χ3v) is 2.49. The summed E-state index contributed by atoms with van der Waals surface area (Å²) in [6, 6.07) is 1.19. The number of pyridine rings is 1. The van der Waals surface area contributed by atoms with E-state index < -0.39 is 4.92 Å². The molecule has 0 aliphatic carbocycles. The third kappa shape index (κ3) is 3.14. The second kappa shape index (κ2) is 5.76. The van der Waals surface area contributed by atoms with Crippen LogP contribution in [0.15, 0.2) is 21.5 Å². The Morgan fingerprint density at radius 2 is 2.31 bits per heavy atom. The van der Waals surface area contributed by atoms with Crippen molar-refractivity contribution in [2.75, 3.05) is 13.2 Å². The molecule has 0 fully saturated rings. The average Bonchev–Trinajstić information content (AvgIpc) is 2.24. The van der Waals surface area contributed by atoms with Gasteiger partial charge in [0.2, 0.25) is 0 Å². The summed E-state index contributed by atoms with van der Waals surface area (Å²) in [5, 5.41) is 10.6. The lowest BCUT2D eigenvalue weighted by Gasteiger charge is -2.05. The highest BCUT2D eigenvalue weighted by atomic mass is 79.9. The van der Waals surface area contributed by atoms with Crippen LogP contribution in [0.2, 0.25) is 0 Å². The van der Waals surface area contributed by atoms with E-state index in [1.54, 1.807) is 0 Å². The van der Waals surface area contributed by atoms with Gasteiger partial charge in [-0.25, -0.2) is 0 Å². The van der Waals surface area contributed by atoms with E-state index in [1.165, 1.54) is 16.8 Å². The van der Waals surface area contributed by atoms with Crippen molar-refractivity contribution in [1.29, 1.82) is 0 Å². The normalized spacial score (nSPS) is 10.4. The number of hydrogen-bond donors (Lipinski definition) is 0. The Morgan fingerprint density at radius 1 is 1.62 bits per heavy atom. The Hall–Kier alpha value is -1.21. The zero-order valence-electron chi connectivity index (χ0n) is 8.68. The fraction of sp³-hybridized carbons (Fsp3) is 0.444. The number of halogens is 1. The van der Waals surface area contributed by atoms with Crippen LogP contribution in [0, 0.1) is 10.1 Å². The van der Waals surface area contributed by atoms with Gasteiger partial charge in [-0.15, -0.1) is 0 Å². The van der Waals surface area contributed by atoms with Crippen molar-refractivity contribution in [1.82, 2.24) is 4.57 Å². The van der Waals surface area contributed by atoms with Crippen molar-refractivity contribution < 1.29 is 9.66 Å². The highest BCUT2D eigenvalue weighted by Crippen LogP contribution is 2.13. The molecule has 6 nitrogen and oxygen atoms in total. The summed E-state index contributed by atoms with van der Waals surface area (Å²) >= 11 is 3.00. The lowest BCUT2D eigenvalue weighted by atomic mass is 10.4. The molecule has 1 aromatic heterocycles. The van der Waals surface area contributed by atoms with E-state index in [9.17, 15) is 14.9 Å². The number of nitro groups is 1. The van der Waals surface area contributed by atoms with Crippen LogP contribution in [0.3, 0.4) is 0 Å². The Bertz CT molecular complexity index is 444. The molecule has 0 bridgehead atoms. The molecule has 0 atom stereocenters. The maximum atomic E-state index is 11.6. The Labute approximate surface area is 100 Å². The van der Waals surface area contributed by atoms with Gasteiger partial charge in [-0.05, 0) is 22.9 Å². The molecule has 7 heteroatoms. The summed E-state index contributed by atoms with van der Waals surface area (Å²) in [6.45, 7) is 3.04. The number of ether oxygens (including phenoxy) is 1. The molecular weight excluding hydrogens is 280 g/mol. The molecule has 88 valence electrons. The van der Waals surface area contributed by atoms with Gasteiger partial charge in [-0.3, -0.25) is 14.9 Å². The Kier molecular flexibility index (Phi) is 4.63. The van der Waals surface area contributed by atoms with E-state index in [2.05, 4.69) is 15.9 Å². The monoisotopic (exact) mass is 290 g/mol. The summed E-state index contributed by atoms with van der Waals surface area (Å²) in [7, 11) is 0. The first kappa shape index (κ1) is 12.9. The minimum atomic E-state index is -0.540. The largest absolute Gasteiger partial charge is 0.380 e. The van der Waals surface area contributed by atoms with Crippen LogP contribution in [-0.4, -0.2) is 22.7 Å². The van der Waals surface area contributed by atoms with Gasteiger partial charge >= 0.3 is 0 Å². The van der Waals surface area contributed by atoms with Gasteiger partial charge < -0.3 is 9.30 Å². The number of hydrogen-bond acceptors (Lipinski definition) is 4. The fourth-order valence-electron chi connectivity index (χ4n) is 1.16. The Morgan fingerprint density at radius 3 is 2.88 bits per heavy atom. The molecule has 0 saturated carbocycles. The smallest absolute Gasteiger partial charge is 0.286 e. The molecular formula is C9H11BrN2O4. The van der Waals surface area contributed by atoms with Crippen LogP contribution in [0.4, 0.5) is 5.69 Å². The topological polar surface area (TPSA) is 74.4 Å². The maximum absolute atomic E-state index is 11.6. The molecule has 0 N–H and O–H groups in total. The summed E-state index contributed by atoms with van der Waals surface area (Å²) < 4.78 is 6.53. The molecule has 1 aromatic rings. The van der Waals surface area contributed by atoms with E-state index in [0.29, 0.717) is 19.8 Å². The fourth-order valence-corrected chi connectivity index (χ4v) is 1.62. The quantitative estimate of drug-likeness (QED) is 0.468. The van der Waals surface area contributed by atoms with Crippen LogP contribution in [0.25, 0.3) is 0 Å². The van der Waals surface area contributed by atoms with E-state index in [4.69, 9.17) is 4.74 Å². The molecule has 0 saturated heterocycles. The summed E-state index contributed by atoms with van der Waals surface area (Å²) in [5.41, 5.74) is -0.423. The molecule has 0 aliphatic rings. The Balaban J connectivity index is 2.98. The van der Waals surface area contributed by atoms with Crippen molar-refractivity contribution >= 4 is 21.6 Å². The molecule has 0 radical (unpaired) electrons. The standard InChI is InChI=1S/C9H11BrN2O4/c1-2-16-4-3-11-6-7(12(14)15)5-8(10)9(11)13/h5-6H,2-4H2,1H3. The minimum absolute atomic E-state index is 0.122. The van der Waals surface area contributed by atoms with Gasteiger partial charge in [0, 0.05) is 19.2 Å². The van der Waals surface area contributed by atoms with Gasteiger partial charge in [0.25, 0.3) is 11.2 Å². The molecule has 16 heavy (non-hydrogen) atoms. The van der Waals surface area contributed by atoms with Crippen molar-refractivity contribution in [3.63, 3.8) is 0 Å². The van der Waals surface area contributed by atoms with Crippen molar-refractivity contribution in [3.05, 3.63) is 37.2 Å². The lowest BCUT2D eigenvalue weighted by molar-refractivity contribution is -0.385. The summed E-state index contributed by atoms with van der Waals surface area (Å²) in [5.74, 6) is 0. The van der Waals surface area contributed by atoms with E-state index in [0.717, 1.165) is 0 Å². The third-order valence-electron chi connectivity index (χ3n) is 1.92. The van der Waals surface area contributed by atoms with Crippen LogP contribution >= 0.6 is 15.9 Å². The zero-order chi connectivity index (χ0) is 12.1. The van der Waals surface area contributed by atoms with Crippen molar-refractivity contribution in [2.24, 2.45) is 0 Å². The average molecular weight is 291 g/mol. The highest BCUT2D eigenvalue weighted by Gasteiger charge is 2.11. The lowest BCUT2D eigenvalue weighted by Crippen LogP contribution is -2.22. The number of nitrogens with zero attached hydrogens (tertiary/aromatic N) is 2. The second-order valence-corrected chi connectivity index (χ2v) is 3.85. The SMILES string of the molecule is CCOCCn1cc([N+](=O)[O-])cc(Br)c1=O. The summed E-state index contributed by atoms with van der Waals surface area (Å²) in [6.07, 6.45) is 1.21. The van der Waals surface area contributed by atoms with Gasteiger partial charge in [0.15, 0.2) is 0 Å². The first-order chi connectivity index (χ1) is 7.56. The first-order valence-electron chi connectivity index (χ1n) is 4.68. The predicted molar refractivity (Wildman–Crippen MR) is 61.5 cm³/mol. The van der Waals surface area contributed by atoms with Crippen molar-refractivity contribution in [3.8, 4) is 0 Å². The van der Waals surface area contributed by atoms with Crippen LogP contribution in [0.1, 0.15) is 6.92 Å². The first-order valence-corrected chi connectivity index (χ1v) is 5.47. The molecule has 0 amide bonds. The van der Waals surface area contributed by atoms with Crippen LogP contribution in [-0.2, 0) is 11.3 Å². The van der Waals surface area contributed by atoms with Gasteiger partial charge in [-0.2, -0.15) is 0 Å². The van der Waals surface area contributed by atoms with Crippen molar-refractivity contribution in [2.45, 2.75) is 13.5 Å². The van der Waals surface area contributed by atoms with E-state index in [1.807, 2.05) is 6.92 Å². The van der Waals surface area contributed by atoms with Crippen LogP contribution in [0.5, 0.6) is 0 Å². The minimum Gasteiger partial charge on any atom is -0.380 e. The van der Waals surface area contributed by atoms with E-state index >= 15 is 0 Å². The van der Waals surface area contributed by atoms with Gasteiger partial charge in [-0.1, -0.05) is 0 Å². The second-order valence-electron chi connectivity index (χ2n) is 3.00. The number of rotatable bonds is 5. The van der Waals surface area contributed by atoms with E-state index in [-0.39, 0.29) is 15.7 Å². The molecule has 0 unspecified atom stereocenters.